The van der Waals surface area contributed by atoms with E-state index in [1.54, 1.807) is 6.07 Å². The molecule has 4 heteroatoms. The van der Waals surface area contributed by atoms with Gasteiger partial charge in [0, 0.05) is 6.04 Å². The number of hydrogen-bond donors (Lipinski definition) is 1. The van der Waals surface area contributed by atoms with E-state index < -0.39 is 0 Å². The molecule has 16 heavy (non-hydrogen) atoms. The average molecular weight is 248 g/mol. The maximum absolute atomic E-state index is 13.4. The number of halogens is 2. The van der Waals surface area contributed by atoms with Gasteiger partial charge in [0.1, 0.15) is 0 Å². The van der Waals surface area contributed by atoms with Crippen LogP contribution in [-0.2, 0) is 0 Å². The van der Waals surface area contributed by atoms with Crippen molar-refractivity contribution in [3.63, 3.8) is 0 Å². The van der Waals surface area contributed by atoms with Gasteiger partial charge in [-0.2, -0.15) is 0 Å². The van der Waals surface area contributed by atoms with Crippen LogP contribution in [-0.4, -0.2) is 7.11 Å². The smallest absolute Gasteiger partial charge is 0.165 e. The summed E-state index contributed by atoms with van der Waals surface area (Å²) in [4.78, 5) is 0. The summed E-state index contributed by atoms with van der Waals surface area (Å²) < 4.78 is 18.2. The molecule has 0 unspecified atom stereocenters. The van der Waals surface area contributed by atoms with Crippen molar-refractivity contribution in [2.45, 2.75) is 32.2 Å². The van der Waals surface area contributed by atoms with Crippen LogP contribution in [0.5, 0.6) is 5.75 Å². The maximum Gasteiger partial charge on any atom is 0.165 e. The van der Waals surface area contributed by atoms with E-state index in [9.17, 15) is 4.39 Å². The highest BCUT2D eigenvalue weighted by atomic mass is 35.5. The van der Waals surface area contributed by atoms with Crippen molar-refractivity contribution < 1.29 is 9.13 Å². The SMILES string of the molecule is CCCC[C@@H](N)c1ccc(OC)c(F)c1.Cl. The summed E-state index contributed by atoms with van der Waals surface area (Å²) in [6.07, 6.45) is 3.06. The molecule has 1 rings (SSSR count). The number of unbranched alkanes of at least 4 members (excludes halogenated alkanes) is 1. The lowest BCUT2D eigenvalue weighted by Gasteiger charge is -2.12. The summed E-state index contributed by atoms with van der Waals surface area (Å²) >= 11 is 0. The van der Waals surface area contributed by atoms with Crippen molar-refractivity contribution in [3.8, 4) is 5.75 Å². The Hall–Kier alpha value is -0.800. The molecule has 0 saturated carbocycles. The second-order valence-corrected chi connectivity index (χ2v) is 3.64. The van der Waals surface area contributed by atoms with Crippen LogP contribution in [0.2, 0.25) is 0 Å². The summed E-state index contributed by atoms with van der Waals surface area (Å²) in [5, 5.41) is 0. The zero-order valence-electron chi connectivity index (χ0n) is 9.70. The summed E-state index contributed by atoms with van der Waals surface area (Å²) in [5.41, 5.74) is 6.77. The average Bonchev–Trinajstić information content (AvgIpc) is 2.25. The van der Waals surface area contributed by atoms with E-state index in [0.717, 1.165) is 24.8 Å². The van der Waals surface area contributed by atoms with E-state index >= 15 is 0 Å². The third kappa shape index (κ3) is 3.99. The van der Waals surface area contributed by atoms with Crippen LogP contribution in [0.3, 0.4) is 0 Å². The topological polar surface area (TPSA) is 35.2 Å². The van der Waals surface area contributed by atoms with Gasteiger partial charge in [0.15, 0.2) is 11.6 Å². The highest BCUT2D eigenvalue weighted by Gasteiger charge is 2.09. The number of nitrogens with two attached hydrogens (primary N) is 1. The van der Waals surface area contributed by atoms with Gasteiger partial charge >= 0.3 is 0 Å². The van der Waals surface area contributed by atoms with Crippen molar-refractivity contribution in [1.29, 1.82) is 0 Å². The molecule has 0 aliphatic heterocycles. The molecule has 0 aliphatic rings. The third-order valence-corrected chi connectivity index (χ3v) is 2.47. The molecule has 0 aliphatic carbocycles. The largest absolute Gasteiger partial charge is 0.494 e. The Kier molecular flexibility index (Phi) is 7.10. The molecule has 1 atom stereocenters. The van der Waals surface area contributed by atoms with Gasteiger partial charge in [-0.3, -0.25) is 0 Å². The number of hydrogen-bond acceptors (Lipinski definition) is 2. The highest BCUT2D eigenvalue weighted by molar-refractivity contribution is 5.85. The van der Waals surface area contributed by atoms with Crippen molar-refractivity contribution in [2.75, 3.05) is 7.11 Å². The third-order valence-electron chi connectivity index (χ3n) is 2.47. The second kappa shape index (κ2) is 7.47. The molecule has 0 aromatic heterocycles. The van der Waals surface area contributed by atoms with Crippen LogP contribution >= 0.6 is 12.4 Å². The summed E-state index contributed by atoms with van der Waals surface area (Å²) in [5.74, 6) is -0.0802. The van der Waals surface area contributed by atoms with Crippen LogP contribution in [0.25, 0.3) is 0 Å². The van der Waals surface area contributed by atoms with Crippen molar-refractivity contribution in [3.05, 3.63) is 29.6 Å². The lowest BCUT2D eigenvalue weighted by molar-refractivity contribution is 0.385. The minimum atomic E-state index is -0.345. The lowest BCUT2D eigenvalue weighted by Crippen LogP contribution is -2.10. The highest BCUT2D eigenvalue weighted by Crippen LogP contribution is 2.23. The second-order valence-electron chi connectivity index (χ2n) is 3.64. The minimum absolute atomic E-state index is 0. The van der Waals surface area contributed by atoms with E-state index in [0.29, 0.717) is 0 Å². The Morgan fingerprint density at radius 1 is 1.44 bits per heavy atom. The monoisotopic (exact) mass is 247 g/mol. The molecule has 1 aromatic carbocycles. The van der Waals surface area contributed by atoms with Gasteiger partial charge in [-0.05, 0) is 24.1 Å². The minimum Gasteiger partial charge on any atom is -0.494 e. The van der Waals surface area contributed by atoms with E-state index in [1.165, 1.54) is 13.2 Å². The molecule has 0 radical (unpaired) electrons. The molecule has 0 heterocycles. The molecule has 2 N–H and O–H groups in total. The molecule has 0 spiro atoms. The molecule has 0 amide bonds. The Morgan fingerprint density at radius 3 is 2.62 bits per heavy atom. The Labute approximate surface area is 102 Å². The Balaban J connectivity index is 0.00000225. The van der Waals surface area contributed by atoms with Crippen molar-refractivity contribution in [2.24, 2.45) is 5.73 Å². The molecule has 2 nitrogen and oxygen atoms in total. The molecular weight excluding hydrogens is 229 g/mol. The van der Waals surface area contributed by atoms with Crippen LogP contribution in [0.4, 0.5) is 4.39 Å². The van der Waals surface area contributed by atoms with Gasteiger partial charge < -0.3 is 10.5 Å². The Bertz CT molecular complexity index is 320. The van der Waals surface area contributed by atoms with E-state index in [4.69, 9.17) is 10.5 Å². The lowest BCUT2D eigenvalue weighted by atomic mass is 10.0. The predicted molar refractivity (Wildman–Crippen MR) is 66.7 cm³/mol. The first-order valence-electron chi connectivity index (χ1n) is 5.28. The van der Waals surface area contributed by atoms with E-state index in [-0.39, 0.29) is 30.0 Å². The maximum atomic E-state index is 13.4. The molecular formula is C12H19ClFNO. The fraction of sp³-hybridized carbons (Fsp3) is 0.500. The zero-order valence-corrected chi connectivity index (χ0v) is 10.5. The zero-order chi connectivity index (χ0) is 11.3. The first kappa shape index (κ1) is 15.2. The summed E-state index contributed by atoms with van der Waals surface area (Å²) in [7, 11) is 1.45. The van der Waals surface area contributed by atoms with Crippen molar-refractivity contribution >= 4 is 12.4 Å². The van der Waals surface area contributed by atoms with Gasteiger partial charge in [-0.25, -0.2) is 4.39 Å². The van der Waals surface area contributed by atoms with Crippen LogP contribution in [0, 0.1) is 5.82 Å². The fourth-order valence-electron chi connectivity index (χ4n) is 1.50. The molecule has 0 bridgehead atoms. The van der Waals surface area contributed by atoms with Gasteiger partial charge in [-0.15, -0.1) is 12.4 Å². The van der Waals surface area contributed by atoms with Gasteiger partial charge in [0.05, 0.1) is 7.11 Å². The van der Waals surface area contributed by atoms with Crippen LogP contribution in [0.15, 0.2) is 18.2 Å². The number of rotatable bonds is 5. The number of benzene rings is 1. The van der Waals surface area contributed by atoms with Crippen LogP contribution < -0.4 is 10.5 Å². The van der Waals surface area contributed by atoms with Crippen molar-refractivity contribution in [1.82, 2.24) is 0 Å². The van der Waals surface area contributed by atoms with Crippen LogP contribution in [0.1, 0.15) is 37.8 Å². The first-order chi connectivity index (χ1) is 7.19. The quantitative estimate of drug-likeness (QED) is 0.865. The Morgan fingerprint density at radius 2 is 2.12 bits per heavy atom. The van der Waals surface area contributed by atoms with E-state index in [2.05, 4.69) is 6.92 Å². The van der Waals surface area contributed by atoms with Gasteiger partial charge in [0.25, 0.3) is 0 Å². The molecule has 0 saturated heterocycles. The first-order valence-corrected chi connectivity index (χ1v) is 5.28. The van der Waals surface area contributed by atoms with Gasteiger partial charge in [0.2, 0.25) is 0 Å². The predicted octanol–water partition coefficient (Wildman–Crippen LogP) is 3.45. The molecule has 0 fully saturated rings. The normalized spacial score (nSPS) is 11.8. The molecule has 92 valence electrons. The number of ether oxygens (including phenoxy) is 1. The fourth-order valence-corrected chi connectivity index (χ4v) is 1.50. The van der Waals surface area contributed by atoms with E-state index in [1.807, 2.05) is 6.07 Å². The number of methoxy groups -OCH3 is 1. The summed E-state index contributed by atoms with van der Waals surface area (Å²) in [6, 6.07) is 4.82. The van der Waals surface area contributed by atoms with Gasteiger partial charge in [-0.1, -0.05) is 25.8 Å². The standard InChI is InChI=1S/C12H18FNO.ClH/c1-3-4-5-11(14)9-6-7-12(15-2)10(13)8-9;/h6-8,11H,3-5,14H2,1-2H3;1H/t11-;/m1./s1. The summed E-state index contributed by atoms with van der Waals surface area (Å²) in [6.45, 7) is 2.11. The molecule has 1 aromatic rings.